The maximum Gasteiger partial charge on any atom is 0.0169 e. The minimum Gasteiger partial charge on any atom is -0.310 e. The molecule has 0 amide bonds. The second kappa shape index (κ2) is 5.72. The molecule has 0 aromatic rings. The fourth-order valence-electron chi connectivity index (χ4n) is 2.71. The second-order valence-electron chi connectivity index (χ2n) is 5.04. The summed E-state index contributed by atoms with van der Waals surface area (Å²) in [5.74, 6) is 0.930. The van der Waals surface area contributed by atoms with Gasteiger partial charge in [-0.05, 0) is 39.8 Å². The van der Waals surface area contributed by atoms with Crippen LogP contribution in [0.25, 0.3) is 0 Å². The van der Waals surface area contributed by atoms with Crippen LogP contribution in [0.2, 0.25) is 0 Å². The van der Waals surface area contributed by atoms with Crippen LogP contribution in [0.1, 0.15) is 39.5 Å². The fourth-order valence-corrected chi connectivity index (χ4v) is 2.71. The lowest BCUT2D eigenvalue weighted by Crippen LogP contribution is -2.43. The molecule has 1 saturated carbocycles. The number of likely N-dealkylation sites (N-methyl/N-ethyl adjacent to an activating group) is 1. The van der Waals surface area contributed by atoms with Gasteiger partial charge in [0.1, 0.15) is 0 Å². The number of hydrogen-bond acceptors (Lipinski definition) is 2. The molecular weight excluding hydrogens is 172 g/mol. The predicted octanol–water partition coefficient (Wildman–Crippen LogP) is 2.10. The third-order valence-electron chi connectivity index (χ3n) is 3.32. The summed E-state index contributed by atoms with van der Waals surface area (Å²) in [4.78, 5) is 2.26. The predicted molar refractivity (Wildman–Crippen MR) is 62.6 cm³/mol. The standard InChI is InChI=1S/C12H26N2/c1-5-11-7-6-8-12(11)13-10(2)9-14(3)4/h10-13H,5-9H2,1-4H3. The minimum absolute atomic E-state index is 0.627. The number of hydrogen-bond donors (Lipinski definition) is 1. The van der Waals surface area contributed by atoms with Gasteiger partial charge in [0.25, 0.3) is 0 Å². The van der Waals surface area contributed by atoms with Gasteiger partial charge >= 0.3 is 0 Å². The van der Waals surface area contributed by atoms with Crippen molar-refractivity contribution in [3.05, 3.63) is 0 Å². The van der Waals surface area contributed by atoms with E-state index in [1.54, 1.807) is 0 Å². The first-order valence-corrected chi connectivity index (χ1v) is 6.04. The van der Waals surface area contributed by atoms with Crippen LogP contribution in [-0.4, -0.2) is 37.6 Å². The van der Waals surface area contributed by atoms with Crippen LogP contribution in [0.5, 0.6) is 0 Å². The van der Waals surface area contributed by atoms with Crippen molar-refractivity contribution in [2.45, 2.75) is 51.6 Å². The Morgan fingerprint density at radius 2 is 2.07 bits per heavy atom. The van der Waals surface area contributed by atoms with Crippen LogP contribution in [-0.2, 0) is 0 Å². The molecule has 1 aliphatic carbocycles. The second-order valence-corrected chi connectivity index (χ2v) is 5.04. The van der Waals surface area contributed by atoms with E-state index < -0.39 is 0 Å². The van der Waals surface area contributed by atoms with E-state index >= 15 is 0 Å². The highest BCUT2D eigenvalue weighted by atomic mass is 15.1. The van der Waals surface area contributed by atoms with Crippen LogP contribution in [0.4, 0.5) is 0 Å². The lowest BCUT2D eigenvalue weighted by Gasteiger charge is -2.26. The summed E-state index contributed by atoms with van der Waals surface area (Å²) in [6.07, 6.45) is 5.58. The summed E-state index contributed by atoms with van der Waals surface area (Å²) >= 11 is 0. The molecule has 0 spiro atoms. The highest BCUT2D eigenvalue weighted by molar-refractivity contribution is 4.84. The summed E-state index contributed by atoms with van der Waals surface area (Å²) in [5, 5.41) is 3.77. The Morgan fingerprint density at radius 1 is 1.36 bits per heavy atom. The van der Waals surface area contributed by atoms with Crippen LogP contribution >= 0.6 is 0 Å². The lowest BCUT2D eigenvalue weighted by molar-refractivity contribution is 0.299. The summed E-state index contributed by atoms with van der Waals surface area (Å²) in [5.41, 5.74) is 0. The van der Waals surface area contributed by atoms with Crippen molar-refractivity contribution < 1.29 is 0 Å². The molecule has 3 unspecified atom stereocenters. The highest BCUT2D eigenvalue weighted by Gasteiger charge is 2.26. The summed E-state index contributed by atoms with van der Waals surface area (Å²) in [7, 11) is 4.29. The molecule has 3 atom stereocenters. The third-order valence-corrected chi connectivity index (χ3v) is 3.32. The van der Waals surface area contributed by atoms with Crippen LogP contribution in [0, 0.1) is 5.92 Å². The van der Waals surface area contributed by atoms with Gasteiger partial charge in [0.15, 0.2) is 0 Å². The maximum atomic E-state index is 3.77. The first-order valence-electron chi connectivity index (χ1n) is 6.04. The third kappa shape index (κ3) is 3.58. The lowest BCUT2D eigenvalue weighted by atomic mass is 10.00. The highest BCUT2D eigenvalue weighted by Crippen LogP contribution is 2.28. The van der Waals surface area contributed by atoms with Gasteiger partial charge in [0.05, 0.1) is 0 Å². The van der Waals surface area contributed by atoms with Crippen molar-refractivity contribution in [3.8, 4) is 0 Å². The zero-order valence-corrected chi connectivity index (χ0v) is 10.2. The molecule has 0 heterocycles. The van der Waals surface area contributed by atoms with E-state index in [9.17, 15) is 0 Å². The largest absolute Gasteiger partial charge is 0.310 e. The Hall–Kier alpha value is -0.0800. The monoisotopic (exact) mass is 198 g/mol. The maximum absolute atomic E-state index is 3.77. The van der Waals surface area contributed by atoms with E-state index in [-0.39, 0.29) is 0 Å². The van der Waals surface area contributed by atoms with Gasteiger partial charge < -0.3 is 10.2 Å². The van der Waals surface area contributed by atoms with E-state index in [2.05, 4.69) is 38.2 Å². The van der Waals surface area contributed by atoms with Crippen molar-refractivity contribution in [2.75, 3.05) is 20.6 Å². The Kier molecular flexibility index (Phi) is 4.90. The molecule has 1 rings (SSSR count). The molecule has 2 nitrogen and oxygen atoms in total. The molecule has 0 aliphatic heterocycles. The van der Waals surface area contributed by atoms with Gasteiger partial charge in [-0.2, -0.15) is 0 Å². The average molecular weight is 198 g/mol. The molecule has 0 saturated heterocycles. The molecule has 0 bridgehead atoms. The van der Waals surface area contributed by atoms with Crippen LogP contribution in [0.3, 0.4) is 0 Å². The normalized spacial score (nSPS) is 29.8. The van der Waals surface area contributed by atoms with Crippen LogP contribution in [0.15, 0.2) is 0 Å². The Labute approximate surface area is 89.1 Å². The summed E-state index contributed by atoms with van der Waals surface area (Å²) in [6.45, 7) is 5.76. The summed E-state index contributed by atoms with van der Waals surface area (Å²) < 4.78 is 0. The van der Waals surface area contributed by atoms with Crippen molar-refractivity contribution in [1.29, 1.82) is 0 Å². The zero-order chi connectivity index (χ0) is 10.6. The van der Waals surface area contributed by atoms with Gasteiger partial charge in [0.2, 0.25) is 0 Å². The van der Waals surface area contributed by atoms with Crippen molar-refractivity contribution in [1.82, 2.24) is 10.2 Å². The molecule has 0 radical (unpaired) electrons. The van der Waals surface area contributed by atoms with E-state index in [1.807, 2.05) is 0 Å². The van der Waals surface area contributed by atoms with E-state index in [1.165, 1.54) is 25.7 Å². The van der Waals surface area contributed by atoms with Gasteiger partial charge in [0, 0.05) is 18.6 Å². The smallest absolute Gasteiger partial charge is 0.0169 e. The Bertz CT molecular complexity index is 156. The van der Waals surface area contributed by atoms with Crippen molar-refractivity contribution in [2.24, 2.45) is 5.92 Å². The van der Waals surface area contributed by atoms with Gasteiger partial charge in [-0.15, -0.1) is 0 Å². The van der Waals surface area contributed by atoms with Crippen LogP contribution < -0.4 is 5.32 Å². The number of nitrogens with zero attached hydrogens (tertiary/aromatic N) is 1. The average Bonchev–Trinajstić information content (AvgIpc) is 2.50. The van der Waals surface area contributed by atoms with E-state index in [0.29, 0.717) is 6.04 Å². The van der Waals surface area contributed by atoms with Gasteiger partial charge in [-0.25, -0.2) is 0 Å². The molecule has 0 aromatic heterocycles. The van der Waals surface area contributed by atoms with Crippen molar-refractivity contribution >= 4 is 0 Å². The molecule has 1 N–H and O–H groups in total. The van der Waals surface area contributed by atoms with E-state index in [0.717, 1.165) is 18.5 Å². The Balaban J connectivity index is 2.28. The molecule has 84 valence electrons. The molecule has 2 heteroatoms. The molecule has 0 aromatic carbocycles. The topological polar surface area (TPSA) is 15.3 Å². The number of rotatable bonds is 5. The fraction of sp³-hybridized carbons (Fsp3) is 1.00. The van der Waals surface area contributed by atoms with Gasteiger partial charge in [-0.3, -0.25) is 0 Å². The van der Waals surface area contributed by atoms with Crippen molar-refractivity contribution in [3.63, 3.8) is 0 Å². The first-order chi connectivity index (χ1) is 6.63. The zero-order valence-electron chi connectivity index (χ0n) is 10.2. The minimum atomic E-state index is 0.627. The molecular formula is C12H26N2. The Morgan fingerprint density at radius 3 is 2.64 bits per heavy atom. The quantitative estimate of drug-likeness (QED) is 0.728. The van der Waals surface area contributed by atoms with E-state index in [4.69, 9.17) is 0 Å². The molecule has 14 heavy (non-hydrogen) atoms. The SMILES string of the molecule is CCC1CCCC1NC(C)CN(C)C. The molecule has 1 fully saturated rings. The summed E-state index contributed by atoms with van der Waals surface area (Å²) in [6, 6.07) is 1.41. The van der Waals surface area contributed by atoms with Gasteiger partial charge in [-0.1, -0.05) is 19.8 Å². The molecule has 1 aliphatic rings. The first kappa shape index (κ1) is 12.0. The number of nitrogens with one attached hydrogen (secondary N) is 1.